The first-order valence-electron chi connectivity index (χ1n) is 5.85. The molecular weight excluding hydrogens is 204 g/mol. The van der Waals surface area contributed by atoms with Crippen molar-refractivity contribution in [2.24, 2.45) is 5.92 Å². The molecule has 0 aliphatic rings. The van der Waals surface area contributed by atoms with Gasteiger partial charge in [0.25, 0.3) is 0 Å². The van der Waals surface area contributed by atoms with Crippen molar-refractivity contribution in [2.45, 2.75) is 45.9 Å². The van der Waals surface area contributed by atoms with Crippen LogP contribution in [0.4, 0.5) is 0 Å². The predicted octanol–water partition coefficient (Wildman–Crippen LogP) is 4.75. The molecule has 0 N–H and O–H groups in total. The van der Waals surface area contributed by atoms with Crippen molar-refractivity contribution < 1.29 is 0 Å². The van der Waals surface area contributed by atoms with Gasteiger partial charge in [-0.2, -0.15) is 0 Å². The molecule has 0 saturated heterocycles. The Morgan fingerprint density at radius 3 is 2.27 bits per heavy atom. The number of hydrogen-bond acceptors (Lipinski definition) is 0. The molecular formula is C14H21Cl. The first-order chi connectivity index (χ1) is 7.10. The maximum Gasteiger partial charge on any atom is 0.0610 e. The molecule has 1 unspecified atom stereocenters. The van der Waals surface area contributed by atoms with Gasteiger partial charge in [-0.3, -0.25) is 0 Å². The molecule has 15 heavy (non-hydrogen) atoms. The zero-order valence-electron chi connectivity index (χ0n) is 10.2. The topological polar surface area (TPSA) is 0 Å². The maximum atomic E-state index is 6.45. The molecule has 0 aliphatic carbocycles. The summed E-state index contributed by atoms with van der Waals surface area (Å²) in [5.74, 6) is 0.490. The van der Waals surface area contributed by atoms with Gasteiger partial charge in [0, 0.05) is 0 Å². The van der Waals surface area contributed by atoms with Gasteiger partial charge in [0.2, 0.25) is 0 Å². The van der Waals surface area contributed by atoms with Crippen molar-refractivity contribution in [1.82, 2.24) is 0 Å². The summed E-state index contributed by atoms with van der Waals surface area (Å²) in [6.45, 7) is 8.73. The Labute approximate surface area is 98.7 Å². The molecule has 0 spiro atoms. The highest BCUT2D eigenvalue weighted by Gasteiger charge is 2.15. The second kappa shape index (κ2) is 5.55. The number of hydrogen-bond donors (Lipinski definition) is 0. The lowest BCUT2D eigenvalue weighted by atomic mass is 9.93. The SMILES string of the molecule is CCc1ccc(CC)c(C(Cl)C(C)C)c1. The van der Waals surface area contributed by atoms with E-state index in [2.05, 4.69) is 45.9 Å². The normalized spacial score (nSPS) is 13.2. The summed E-state index contributed by atoms with van der Waals surface area (Å²) in [7, 11) is 0. The van der Waals surface area contributed by atoms with Crippen molar-refractivity contribution in [3.8, 4) is 0 Å². The minimum atomic E-state index is 0.145. The van der Waals surface area contributed by atoms with Gasteiger partial charge in [-0.05, 0) is 35.4 Å². The Morgan fingerprint density at radius 1 is 1.13 bits per heavy atom. The van der Waals surface area contributed by atoms with Gasteiger partial charge in [-0.15, -0.1) is 11.6 Å². The monoisotopic (exact) mass is 224 g/mol. The van der Waals surface area contributed by atoms with Crippen LogP contribution in [0.1, 0.15) is 49.8 Å². The molecule has 0 saturated carbocycles. The zero-order chi connectivity index (χ0) is 11.4. The van der Waals surface area contributed by atoms with Crippen molar-refractivity contribution in [3.05, 3.63) is 34.9 Å². The molecule has 1 heteroatoms. The number of alkyl halides is 1. The van der Waals surface area contributed by atoms with Crippen molar-refractivity contribution in [1.29, 1.82) is 0 Å². The lowest BCUT2D eigenvalue weighted by Gasteiger charge is -2.18. The van der Waals surface area contributed by atoms with Gasteiger partial charge < -0.3 is 0 Å². The van der Waals surface area contributed by atoms with E-state index in [0.717, 1.165) is 12.8 Å². The number of rotatable bonds is 4. The lowest BCUT2D eigenvalue weighted by Crippen LogP contribution is -2.04. The minimum Gasteiger partial charge on any atom is -0.118 e. The maximum absolute atomic E-state index is 6.45. The highest BCUT2D eigenvalue weighted by Crippen LogP contribution is 2.32. The van der Waals surface area contributed by atoms with E-state index in [0.29, 0.717) is 5.92 Å². The standard InChI is InChI=1S/C14H21Cl/c1-5-11-7-8-12(6-2)13(9-11)14(15)10(3)4/h7-10,14H,5-6H2,1-4H3. The van der Waals surface area contributed by atoms with Gasteiger partial charge in [0.05, 0.1) is 5.38 Å². The molecule has 1 aromatic carbocycles. The van der Waals surface area contributed by atoms with E-state index in [1.807, 2.05) is 0 Å². The summed E-state index contributed by atoms with van der Waals surface area (Å²) >= 11 is 6.45. The number of benzene rings is 1. The quantitative estimate of drug-likeness (QED) is 0.648. The van der Waals surface area contributed by atoms with Crippen LogP contribution in [0.3, 0.4) is 0 Å². The molecule has 0 radical (unpaired) electrons. The van der Waals surface area contributed by atoms with E-state index in [4.69, 9.17) is 11.6 Å². The number of aryl methyl sites for hydroxylation is 2. The van der Waals surface area contributed by atoms with Gasteiger partial charge in [-0.1, -0.05) is 45.9 Å². The molecule has 1 rings (SSSR count). The third kappa shape index (κ3) is 2.98. The molecule has 0 aromatic heterocycles. The molecule has 0 heterocycles. The predicted molar refractivity (Wildman–Crippen MR) is 68.6 cm³/mol. The van der Waals surface area contributed by atoms with E-state index in [9.17, 15) is 0 Å². The van der Waals surface area contributed by atoms with Crippen LogP contribution < -0.4 is 0 Å². The molecule has 1 aromatic rings. The van der Waals surface area contributed by atoms with Crippen molar-refractivity contribution in [2.75, 3.05) is 0 Å². The first-order valence-corrected chi connectivity index (χ1v) is 6.29. The third-order valence-corrected chi connectivity index (χ3v) is 3.62. The molecule has 0 aliphatic heterocycles. The van der Waals surface area contributed by atoms with E-state index in [1.54, 1.807) is 0 Å². The van der Waals surface area contributed by atoms with E-state index < -0.39 is 0 Å². The van der Waals surface area contributed by atoms with Crippen LogP contribution in [0.25, 0.3) is 0 Å². The van der Waals surface area contributed by atoms with E-state index >= 15 is 0 Å². The second-order valence-electron chi connectivity index (χ2n) is 4.39. The second-order valence-corrected chi connectivity index (χ2v) is 4.86. The smallest absolute Gasteiger partial charge is 0.0610 e. The molecule has 0 fully saturated rings. The van der Waals surface area contributed by atoms with Gasteiger partial charge >= 0.3 is 0 Å². The van der Waals surface area contributed by atoms with Crippen LogP contribution in [0.5, 0.6) is 0 Å². The van der Waals surface area contributed by atoms with Crippen LogP contribution in [0.2, 0.25) is 0 Å². The Morgan fingerprint density at radius 2 is 1.80 bits per heavy atom. The zero-order valence-corrected chi connectivity index (χ0v) is 10.9. The van der Waals surface area contributed by atoms with Gasteiger partial charge in [0.15, 0.2) is 0 Å². The fourth-order valence-electron chi connectivity index (χ4n) is 1.80. The molecule has 0 nitrogen and oxygen atoms in total. The van der Waals surface area contributed by atoms with E-state index in [1.165, 1.54) is 16.7 Å². The average molecular weight is 225 g/mol. The van der Waals surface area contributed by atoms with Gasteiger partial charge in [-0.25, -0.2) is 0 Å². The Bertz CT molecular complexity index is 315. The largest absolute Gasteiger partial charge is 0.118 e. The summed E-state index contributed by atoms with van der Waals surface area (Å²) < 4.78 is 0. The van der Waals surface area contributed by atoms with Crippen LogP contribution in [-0.4, -0.2) is 0 Å². The van der Waals surface area contributed by atoms with Crippen LogP contribution in [-0.2, 0) is 12.8 Å². The van der Waals surface area contributed by atoms with Crippen LogP contribution in [0.15, 0.2) is 18.2 Å². The average Bonchev–Trinajstić information content (AvgIpc) is 2.27. The summed E-state index contributed by atoms with van der Waals surface area (Å²) in [4.78, 5) is 0. The van der Waals surface area contributed by atoms with Gasteiger partial charge in [0.1, 0.15) is 0 Å². The van der Waals surface area contributed by atoms with E-state index in [-0.39, 0.29) is 5.38 Å². The molecule has 0 amide bonds. The molecule has 1 atom stereocenters. The summed E-state index contributed by atoms with van der Waals surface area (Å²) in [6, 6.07) is 6.72. The van der Waals surface area contributed by atoms with Crippen LogP contribution >= 0.6 is 11.6 Å². The molecule has 84 valence electrons. The fraction of sp³-hybridized carbons (Fsp3) is 0.571. The summed E-state index contributed by atoms with van der Waals surface area (Å²) in [6.07, 6.45) is 2.15. The third-order valence-electron chi connectivity index (χ3n) is 2.88. The van der Waals surface area contributed by atoms with Crippen molar-refractivity contribution in [3.63, 3.8) is 0 Å². The van der Waals surface area contributed by atoms with Crippen molar-refractivity contribution >= 4 is 11.6 Å². The lowest BCUT2D eigenvalue weighted by molar-refractivity contribution is 0.619. The Balaban J connectivity index is 3.11. The Kier molecular flexibility index (Phi) is 4.66. The molecule has 0 bridgehead atoms. The highest BCUT2D eigenvalue weighted by molar-refractivity contribution is 6.21. The number of halogens is 1. The first kappa shape index (κ1) is 12.6. The highest BCUT2D eigenvalue weighted by atomic mass is 35.5. The summed E-state index contributed by atoms with van der Waals surface area (Å²) in [5, 5.41) is 0.145. The minimum absolute atomic E-state index is 0.145. The summed E-state index contributed by atoms with van der Waals surface area (Å²) in [5.41, 5.74) is 4.10. The van der Waals surface area contributed by atoms with Crippen LogP contribution in [0, 0.1) is 5.92 Å². The Hall–Kier alpha value is -0.490. The fourth-order valence-corrected chi connectivity index (χ4v) is 2.01.